The number of rotatable bonds is 6. The summed E-state index contributed by atoms with van der Waals surface area (Å²) in [5.74, 6) is 1.33. The number of carbonyl (C=O) groups is 2. The van der Waals surface area contributed by atoms with Crippen LogP contribution in [0.25, 0.3) is 0 Å². The monoisotopic (exact) mass is 390 g/mol. The van der Waals surface area contributed by atoms with Crippen molar-refractivity contribution in [2.75, 3.05) is 26.2 Å². The maximum Gasteiger partial charge on any atom is 0.222 e. The molecular formula is C21H34N4O3. The summed E-state index contributed by atoms with van der Waals surface area (Å²) < 4.78 is 5.29. The maximum absolute atomic E-state index is 12.8. The van der Waals surface area contributed by atoms with E-state index in [9.17, 15) is 9.59 Å². The molecule has 0 bridgehead atoms. The van der Waals surface area contributed by atoms with Crippen molar-refractivity contribution in [1.82, 2.24) is 19.9 Å². The van der Waals surface area contributed by atoms with Crippen molar-refractivity contribution in [3.63, 3.8) is 0 Å². The van der Waals surface area contributed by atoms with Crippen molar-refractivity contribution < 1.29 is 14.1 Å². The van der Waals surface area contributed by atoms with Gasteiger partial charge in [0.05, 0.1) is 5.69 Å². The Balaban J connectivity index is 1.49. The summed E-state index contributed by atoms with van der Waals surface area (Å²) in [6.45, 7) is 12.2. The first kappa shape index (κ1) is 20.8. The van der Waals surface area contributed by atoms with Crippen LogP contribution < -0.4 is 0 Å². The van der Waals surface area contributed by atoms with Crippen molar-refractivity contribution in [3.05, 3.63) is 17.0 Å². The lowest BCUT2D eigenvalue weighted by molar-refractivity contribution is -0.139. The van der Waals surface area contributed by atoms with E-state index < -0.39 is 0 Å². The third-order valence-corrected chi connectivity index (χ3v) is 6.50. The van der Waals surface area contributed by atoms with Crippen LogP contribution in [-0.4, -0.2) is 69.9 Å². The highest BCUT2D eigenvalue weighted by Crippen LogP contribution is 2.23. The topological polar surface area (TPSA) is 69.9 Å². The molecule has 2 atom stereocenters. The molecule has 0 N–H and O–H groups in total. The van der Waals surface area contributed by atoms with E-state index in [2.05, 4.69) is 23.9 Å². The van der Waals surface area contributed by atoms with Crippen LogP contribution in [0, 0.1) is 13.8 Å². The summed E-state index contributed by atoms with van der Waals surface area (Å²) >= 11 is 0. The molecule has 0 saturated carbocycles. The Bertz CT molecular complexity index is 682. The zero-order chi connectivity index (χ0) is 20.3. The van der Waals surface area contributed by atoms with Crippen LogP contribution >= 0.6 is 0 Å². The molecule has 7 heteroatoms. The quantitative estimate of drug-likeness (QED) is 0.746. The summed E-state index contributed by atoms with van der Waals surface area (Å²) in [4.78, 5) is 31.0. The SMILES string of the molecule is Cc1noc(C)c1CN1CCN(C(=O)CCCN2CCCCC2=O)[C@H](C)[C@H]1C. The van der Waals surface area contributed by atoms with Gasteiger partial charge in [-0.15, -0.1) is 0 Å². The summed E-state index contributed by atoms with van der Waals surface area (Å²) in [6.07, 6.45) is 4.02. The Morgan fingerprint density at radius 2 is 1.93 bits per heavy atom. The molecule has 0 aliphatic carbocycles. The van der Waals surface area contributed by atoms with E-state index in [-0.39, 0.29) is 23.9 Å². The second-order valence-corrected chi connectivity index (χ2v) is 8.28. The molecule has 156 valence electrons. The minimum Gasteiger partial charge on any atom is -0.361 e. The highest BCUT2D eigenvalue weighted by molar-refractivity contribution is 5.78. The van der Waals surface area contributed by atoms with Crippen LogP contribution in [0.5, 0.6) is 0 Å². The fourth-order valence-corrected chi connectivity index (χ4v) is 4.38. The maximum atomic E-state index is 12.8. The molecule has 0 radical (unpaired) electrons. The van der Waals surface area contributed by atoms with E-state index in [1.165, 1.54) is 0 Å². The number of amides is 2. The zero-order valence-corrected chi connectivity index (χ0v) is 17.7. The van der Waals surface area contributed by atoms with Gasteiger partial charge >= 0.3 is 0 Å². The Labute approximate surface area is 168 Å². The summed E-state index contributed by atoms with van der Waals surface area (Å²) in [7, 11) is 0. The number of hydrogen-bond acceptors (Lipinski definition) is 5. The van der Waals surface area contributed by atoms with E-state index in [0.29, 0.717) is 19.4 Å². The van der Waals surface area contributed by atoms with Gasteiger partial charge in [0.15, 0.2) is 0 Å². The largest absolute Gasteiger partial charge is 0.361 e. The van der Waals surface area contributed by atoms with Crippen molar-refractivity contribution >= 4 is 11.8 Å². The van der Waals surface area contributed by atoms with Crippen LogP contribution in [0.15, 0.2) is 4.52 Å². The molecule has 3 rings (SSSR count). The number of piperidine rings is 1. The van der Waals surface area contributed by atoms with Gasteiger partial charge in [-0.1, -0.05) is 5.16 Å². The number of aromatic nitrogens is 1. The highest BCUT2D eigenvalue weighted by atomic mass is 16.5. The molecule has 28 heavy (non-hydrogen) atoms. The van der Waals surface area contributed by atoms with Gasteiger partial charge in [-0.2, -0.15) is 0 Å². The molecule has 1 aromatic heterocycles. The van der Waals surface area contributed by atoms with Crippen LogP contribution in [0.2, 0.25) is 0 Å². The minimum atomic E-state index is 0.165. The van der Waals surface area contributed by atoms with Crippen molar-refractivity contribution in [3.8, 4) is 0 Å². The van der Waals surface area contributed by atoms with E-state index >= 15 is 0 Å². The molecule has 2 saturated heterocycles. The van der Waals surface area contributed by atoms with Gasteiger partial charge in [-0.05, 0) is 47.0 Å². The van der Waals surface area contributed by atoms with Gasteiger partial charge in [0.1, 0.15) is 5.76 Å². The number of likely N-dealkylation sites (tertiary alicyclic amines) is 1. The Kier molecular flexibility index (Phi) is 6.75. The predicted molar refractivity (Wildman–Crippen MR) is 107 cm³/mol. The van der Waals surface area contributed by atoms with Gasteiger partial charge in [0, 0.05) is 63.2 Å². The fraction of sp³-hybridized carbons (Fsp3) is 0.762. The standard InChI is InChI=1S/C21H34N4O3/c1-15-19(18(4)28-22-15)14-24-12-13-25(17(3)16(24)2)21(27)9-7-11-23-10-6-5-8-20(23)26/h16-17H,5-14H2,1-4H3/t16-,17-/m1/s1. The van der Waals surface area contributed by atoms with Gasteiger partial charge in [-0.3, -0.25) is 14.5 Å². The summed E-state index contributed by atoms with van der Waals surface area (Å²) in [5, 5.41) is 4.05. The molecule has 0 unspecified atom stereocenters. The third kappa shape index (κ3) is 4.57. The first-order valence-electron chi connectivity index (χ1n) is 10.6. The second-order valence-electron chi connectivity index (χ2n) is 8.28. The fourth-order valence-electron chi connectivity index (χ4n) is 4.38. The lowest BCUT2D eigenvalue weighted by Gasteiger charge is -2.45. The molecular weight excluding hydrogens is 356 g/mol. The summed E-state index contributed by atoms with van der Waals surface area (Å²) in [6, 6.07) is 0.438. The van der Waals surface area contributed by atoms with Gasteiger partial charge < -0.3 is 14.3 Å². The lowest BCUT2D eigenvalue weighted by atomic mass is 10.0. The van der Waals surface area contributed by atoms with Gasteiger partial charge in [0.25, 0.3) is 0 Å². The molecule has 7 nitrogen and oxygen atoms in total. The predicted octanol–water partition coefficient (Wildman–Crippen LogP) is 2.51. The average molecular weight is 391 g/mol. The van der Waals surface area contributed by atoms with E-state index in [1.807, 2.05) is 23.6 Å². The Morgan fingerprint density at radius 3 is 2.61 bits per heavy atom. The van der Waals surface area contributed by atoms with Crippen LogP contribution in [0.1, 0.15) is 63.0 Å². The van der Waals surface area contributed by atoms with Gasteiger partial charge in [-0.25, -0.2) is 0 Å². The number of piperazine rings is 1. The summed E-state index contributed by atoms with van der Waals surface area (Å²) in [5.41, 5.74) is 2.10. The first-order valence-corrected chi connectivity index (χ1v) is 10.6. The molecule has 2 aliphatic heterocycles. The molecule has 2 amide bonds. The van der Waals surface area contributed by atoms with Gasteiger partial charge in [0.2, 0.25) is 11.8 Å². The van der Waals surface area contributed by atoms with Crippen molar-refractivity contribution in [2.24, 2.45) is 0 Å². The molecule has 0 aromatic carbocycles. The minimum absolute atomic E-state index is 0.165. The van der Waals surface area contributed by atoms with Crippen molar-refractivity contribution in [1.29, 1.82) is 0 Å². The Morgan fingerprint density at radius 1 is 1.14 bits per heavy atom. The number of aryl methyl sites for hydroxylation is 2. The van der Waals surface area contributed by atoms with E-state index in [0.717, 1.165) is 62.5 Å². The van der Waals surface area contributed by atoms with Crippen molar-refractivity contribution in [2.45, 2.75) is 78.4 Å². The lowest BCUT2D eigenvalue weighted by Crippen LogP contribution is -2.58. The normalized spacial score (nSPS) is 24.1. The zero-order valence-electron chi connectivity index (χ0n) is 17.7. The molecule has 0 spiro atoms. The molecule has 1 aromatic rings. The second kappa shape index (κ2) is 9.07. The Hall–Kier alpha value is -1.89. The van der Waals surface area contributed by atoms with E-state index in [4.69, 9.17) is 4.52 Å². The third-order valence-electron chi connectivity index (χ3n) is 6.50. The smallest absolute Gasteiger partial charge is 0.222 e. The average Bonchev–Trinajstić information content (AvgIpc) is 2.99. The molecule has 2 aliphatic rings. The van der Waals surface area contributed by atoms with E-state index in [1.54, 1.807) is 0 Å². The first-order chi connectivity index (χ1) is 13.4. The van der Waals surface area contributed by atoms with Crippen LogP contribution in [0.4, 0.5) is 0 Å². The molecule has 2 fully saturated rings. The number of hydrogen-bond donors (Lipinski definition) is 0. The number of nitrogens with zero attached hydrogens (tertiary/aromatic N) is 4. The number of carbonyl (C=O) groups excluding carboxylic acids is 2. The molecule has 3 heterocycles. The van der Waals surface area contributed by atoms with Crippen LogP contribution in [-0.2, 0) is 16.1 Å². The highest BCUT2D eigenvalue weighted by Gasteiger charge is 2.33. The van der Waals surface area contributed by atoms with Crippen LogP contribution in [0.3, 0.4) is 0 Å².